The normalized spacial score (nSPS) is 10.2. The maximum absolute atomic E-state index is 11.2. The number of carbonyl (C=O) groups is 1. The van der Waals surface area contributed by atoms with E-state index in [1.165, 1.54) is 0 Å². The summed E-state index contributed by atoms with van der Waals surface area (Å²) in [6, 6.07) is 8.54. The van der Waals surface area contributed by atoms with E-state index in [1.807, 2.05) is 0 Å². The number of benzene rings is 1. The minimum atomic E-state index is -1.43. The molecule has 0 heterocycles. The minimum Gasteiger partial charge on any atom is -0.462 e. The zero-order chi connectivity index (χ0) is 10.4. The standard InChI is InChI=1S/C10H12O4/c11-9(12)6-7-14-10(13)8-4-2-1-3-5-8/h1-5,9,11-12H,6-7H2. The van der Waals surface area contributed by atoms with Crippen molar-refractivity contribution in [2.75, 3.05) is 6.61 Å². The van der Waals surface area contributed by atoms with Gasteiger partial charge in [-0.2, -0.15) is 0 Å². The van der Waals surface area contributed by atoms with Crippen molar-refractivity contribution in [3.63, 3.8) is 0 Å². The largest absolute Gasteiger partial charge is 0.462 e. The first-order chi connectivity index (χ1) is 6.70. The van der Waals surface area contributed by atoms with Crippen LogP contribution in [0.4, 0.5) is 0 Å². The van der Waals surface area contributed by atoms with Gasteiger partial charge < -0.3 is 14.9 Å². The number of aliphatic hydroxyl groups is 2. The highest BCUT2D eigenvalue weighted by atomic mass is 16.5. The van der Waals surface area contributed by atoms with Gasteiger partial charge in [0.25, 0.3) is 0 Å². The van der Waals surface area contributed by atoms with Gasteiger partial charge in [-0.15, -0.1) is 0 Å². The number of rotatable bonds is 4. The van der Waals surface area contributed by atoms with Gasteiger partial charge in [-0.25, -0.2) is 4.79 Å². The lowest BCUT2D eigenvalue weighted by Crippen LogP contribution is -2.12. The molecule has 0 atom stereocenters. The van der Waals surface area contributed by atoms with Crippen molar-refractivity contribution in [2.24, 2.45) is 0 Å². The smallest absolute Gasteiger partial charge is 0.338 e. The van der Waals surface area contributed by atoms with Gasteiger partial charge in [0.1, 0.15) is 0 Å². The molecule has 2 N–H and O–H groups in total. The Morgan fingerprint density at radius 1 is 1.29 bits per heavy atom. The first kappa shape index (κ1) is 10.7. The Kier molecular flexibility index (Phi) is 4.10. The third-order valence-corrected chi connectivity index (χ3v) is 1.62. The van der Waals surface area contributed by atoms with Gasteiger partial charge in [0.15, 0.2) is 6.29 Å². The molecule has 0 radical (unpaired) electrons. The summed E-state index contributed by atoms with van der Waals surface area (Å²) in [6.45, 7) is 0.00535. The van der Waals surface area contributed by atoms with E-state index in [0.29, 0.717) is 5.56 Å². The van der Waals surface area contributed by atoms with Gasteiger partial charge in [-0.3, -0.25) is 0 Å². The highest BCUT2D eigenvalue weighted by molar-refractivity contribution is 5.89. The van der Waals surface area contributed by atoms with Crippen LogP contribution in [0.3, 0.4) is 0 Å². The van der Waals surface area contributed by atoms with E-state index in [4.69, 9.17) is 14.9 Å². The van der Waals surface area contributed by atoms with Crippen LogP contribution >= 0.6 is 0 Å². The molecule has 1 aromatic rings. The second-order valence-electron chi connectivity index (χ2n) is 2.77. The fourth-order valence-electron chi connectivity index (χ4n) is 0.915. The van der Waals surface area contributed by atoms with E-state index in [2.05, 4.69) is 0 Å². The molecule has 0 aliphatic heterocycles. The third-order valence-electron chi connectivity index (χ3n) is 1.62. The van der Waals surface area contributed by atoms with Gasteiger partial charge in [0.2, 0.25) is 0 Å². The second kappa shape index (κ2) is 5.36. The SMILES string of the molecule is O=C(OCCC(O)O)c1ccccc1. The summed E-state index contributed by atoms with van der Waals surface area (Å²) in [4.78, 5) is 11.2. The summed E-state index contributed by atoms with van der Waals surface area (Å²) in [5.74, 6) is -0.453. The Labute approximate surface area is 81.8 Å². The lowest BCUT2D eigenvalue weighted by Gasteiger charge is -2.05. The van der Waals surface area contributed by atoms with Gasteiger partial charge in [-0.1, -0.05) is 18.2 Å². The quantitative estimate of drug-likeness (QED) is 0.545. The van der Waals surface area contributed by atoms with Crippen LogP contribution in [-0.4, -0.2) is 29.1 Å². The molecule has 1 aromatic carbocycles. The number of hydrogen-bond acceptors (Lipinski definition) is 4. The van der Waals surface area contributed by atoms with E-state index in [9.17, 15) is 4.79 Å². The molecule has 0 spiro atoms. The van der Waals surface area contributed by atoms with Gasteiger partial charge in [0, 0.05) is 6.42 Å². The van der Waals surface area contributed by atoms with Crippen LogP contribution in [0.2, 0.25) is 0 Å². The van der Waals surface area contributed by atoms with Gasteiger partial charge in [-0.05, 0) is 12.1 Å². The molecular formula is C10H12O4. The summed E-state index contributed by atoms with van der Waals surface area (Å²) in [6.07, 6.45) is -1.41. The molecular weight excluding hydrogens is 184 g/mol. The van der Waals surface area contributed by atoms with E-state index >= 15 is 0 Å². The van der Waals surface area contributed by atoms with Crippen molar-refractivity contribution in [1.82, 2.24) is 0 Å². The predicted molar refractivity (Wildman–Crippen MR) is 49.6 cm³/mol. The van der Waals surface area contributed by atoms with Crippen molar-refractivity contribution in [2.45, 2.75) is 12.7 Å². The zero-order valence-corrected chi connectivity index (χ0v) is 7.59. The third kappa shape index (κ3) is 3.55. The summed E-state index contributed by atoms with van der Waals surface area (Å²) >= 11 is 0. The van der Waals surface area contributed by atoms with Crippen LogP contribution in [0.5, 0.6) is 0 Å². The van der Waals surface area contributed by atoms with Gasteiger partial charge in [0.05, 0.1) is 12.2 Å². The molecule has 0 aromatic heterocycles. The molecule has 0 bridgehead atoms. The van der Waals surface area contributed by atoms with Gasteiger partial charge >= 0.3 is 5.97 Å². The first-order valence-corrected chi connectivity index (χ1v) is 4.28. The fourth-order valence-corrected chi connectivity index (χ4v) is 0.915. The van der Waals surface area contributed by atoms with Crippen LogP contribution < -0.4 is 0 Å². The second-order valence-corrected chi connectivity index (χ2v) is 2.77. The Morgan fingerprint density at radius 2 is 1.93 bits per heavy atom. The molecule has 0 fully saturated rings. The monoisotopic (exact) mass is 196 g/mol. The maximum atomic E-state index is 11.2. The zero-order valence-electron chi connectivity index (χ0n) is 7.59. The van der Waals surface area contributed by atoms with E-state index in [1.54, 1.807) is 30.3 Å². The predicted octanol–water partition coefficient (Wildman–Crippen LogP) is 0.544. The molecule has 0 saturated heterocycles. The Balaban J connectivity index is 2.36. The topological polar surface area (TPSA) is 66.8 Å². The lowest BCUT2D eigenvalue weighted by atomic mass is 10.2. The van der Waals surface area contributed by atoms with Crippen molar-refractivity contribution < 1.29 is 19.7 Å². The molecule has 14 heavy (non-hydrogen) atoms. The summed E-state index contributed by atoms with van der Waals surface area (Å²) in [5, 5.41) is 17.0. The molecule has 0 aliphatic rings. The molecule has 0 unspecified atom stereocenters. The Hall–Kier alpha value is -1.39. The Bertz CT molecular complexity index is 281. The molecule has 0 amide bonds. The number of esters is 1. The summed E-state index contributed by atoms with van der Waals surface area (Å²) in [7, 11) is 0. The average molecular weight is 196 g/mol. The van der Waals surface area contributed by atoms with Crippen LogP contribution in [-0.2, 0) is 4.74 Å². The maximum Gasteiger partial charge on any atom is 0.338 e. The number of aliphatic hydroxyl groups excluding tert-OH is 1. The van der Waals surface area contributed by atoms with Crippen molar-refractivity contribution in [3.05, 3.63) is 35.9 Å². The Morgan fingerprint density at radius 3 is 2.50 bits per heavy atom. The van der Waals surface area contributed by atoms with Crippen molar-refractivity contribution >= 4 is 5.97 Å². The van der Waals surface area contributed by atoms with Crippen LogP contribution in [0, 0.1) is 0 Å². The van der Waals surface area contributed by atoms with E-state index in [-0.39, 0.29) is 13.0 Å². The highest BCUT2D eigenvalue weighted by Crippen LogP contribution is 2.01. The molecule has 1 rings (SSSR count). The summed E-state index contributed by atoms with van der Waals surface area (Å²) < 4.78 is 4.78. The summed E-state index contributed by atoms with van der Waals surface area (Å²) in [5.41, 5.74) is 0.458. The highest BCUT2D eigenvalue weighted by Gasteiger charge is 2.06. The van der Waals surface area contributed by atoms with Crippen LogP contribution in [0.1, 0.15) is 16.8 Å². The fraction of sp³-hybridized carbons (Fsp3) is 0.300. The minimum absolute atomic E-state index is 0.00535. The van der Waals surface area contributed by atoms with Crippen molar-refractivity contribution in [3.8, 4) is 0 Å². The van der Waals surface area contributed by atoms with Crippen molar-refractivity contribution in [1.29, 1.82) is 0 Å². The number of ether oxygens (including phenoxy) is 1. The molecule has 76 valence electrons. The first-order valence-electron chi connectivity index (χ1n) is 4.28. The molecule has 0 saturated carbocycles. The lowest BCUT2D eigenvalue weighted by molar-refractivity contribution is -0.0562. The van der Waals surface area contributed by atoms with Crippen LogP contribution in [0.25, 0.3) is 0 Å². The number of hydrogen-bond donors (Lipinski definition) is 2. The van der Waals surface area contributed by atoms with E-state index < -0.39 is 12.3 Å². The van der Waals surface area contributed by atoms with E-state index in [0.717, 1.165) is 0 Å². The van der Waals surface area contributed by atoms with Crippen LogP contribution in [0.15, 0.2) is 30.3 Å². The average Bonchev–Trinajstić information content (AvgIpc) is 2.18. The molecule has 0 aliphatic carbocycles. The molecule has 4 heteroatoms. The molecule has 4 nitrogen and oxygen atoms in total. The number of carbonyl (C=O) groups excluding carboxylic acids is 1.